The van der Waals surface area contributed by atoms with Crippen molar-refractivity contribution < 1.29 is 19.1 Å². The second kappa shape index (κ2) is 11.1. The van der Waals surface area contributed by atoms with Gasteiger partial charge in [-0.1, -0.05) is 31.2 Å². The van der Waals surface area contributed by atoms with Gasteiger partial charge in [-0.15, -0.1) is 0 Å². The summed E-state index contributed by atoms with van der Waals surface area (Å²) in [7, 11) is 0. The lowest BCUT2D eigenvalue weighted by atomic mass is 10.1. The number of halogens is 1. The third-order valence-corrected chi connectivity index (χ3v) is 6.05. The SMILES string of the molecule is CCN1CCN(Cc2cnc(-c3ccc(C(=O)Nc4ccccc4NC(=O)O)cc3)c(F)c2)CC1. The van der Waals surface area contributed by atoms with Crippen LogP contribution in [-0.4, -0.2) is 64.6 Å². The van der Waals surface area contributed by atoms with Gasteiger partial charge in [-0.2, -0.15) is 0 Å². The molecule has 1 saturated heterocycles. The van der Waals surface area contributed by atoms with Gasteiger partial charge in [0, 0.05) is 50.0 Å². The minimum absolute atomic E-state index is 0.229. The molecule has 0 bridgehead atoms. The molecule has 1 fully saturated rings. The van der Waals surface area contributed by atoms with Crippen molar-refractivity contribution in [3.63, 3.8) is 0 Å². The molecule has 0 spiro atoms. The van der Waals surface area contributed by atoms with Crippen LogP contribution in [0.3, 0.4) is 0 Å². The first-order valence-electron chi connectivity index (χ1n) is 11.5. The number of hydrogen-bond acceptors (Lipinski definition) is 5. The molecule has 0 atom stereocenters. The topological polar surface area (TPSA) is 97.8 Å². The number of carbonyl (C=O) groups is 2. The predicted molar refractivity (Wildman–Crippen MR) is 133 cm³/mol. The van der Waals surface area contributed by atoms with Crippen LogP contribution in [0.2, 0.25) is 0 Å². The van der Waals surface area contributed by atoms with Crippen molar-refractivity contribution in [2.24, 2.45) is 0 Å². The zero-order chi connectivity index (χ0) is 24.8. The fourth-order valence-electron chi connectivity index (χ4n) is 4.09. The number of likely N-dealkylation sites (N-methyl/N-ethyl adjacent to an activating group) is 1. The molecule has 2 heterocycles. The summed E-state index contributed by atoms with van der Waals surface area (Å²) in [6.45, 7) is 7.83. The third kappa shape index (κ3) is 6.20. The Morgan fingerprint density at radius 2 is 1.60 bits per heavy atom. The number of amides is 2. The van der Waals surface area contributed by atoms with Crippen molar-refractivity contribution in [3.05, 3.63) is 77.7 Å². The van der Waals surface area contributed by atoms with Crippen molar-refractivity contribution in [2.45, 2.75) is 13.5 Å². The second-order valence-corrected chi connectivity index (χ2v) is 8.39. The molecular weight excluding hydrogens is 449 g/mol. The summed E-state index contributed by atoms with van der Waals surface area (Å²) in [5, 5.41) is 13.9. The number of benzene rings is 2. The van der Waals surface area contributed by atoms with Crippen LogP contribution in [0.25, 0.3) is 11.3 Å². The molecule has 2 aromatic carbocycles. The Kier molecular flexibility index (Phi) is 7.69. The lowest BCUT2D eigenvalue weighted by molar-refractivity contribution is 0.102. The molecule has 0 unspecified atom stereocenters. The van der Waals surface area contributed by atoms with E-state index >= 15 is 0 Å². The van der Waals surface area contributed by atoms with Crippen LogP contribution < -0.4 is 10.6 Å². The average Bonchev–Trinajstić information content (AvgIpc) is 2.86. The number of hydrogen-bond donors (Lipinski definition) is 3. The highest BCUT2D eigenvalue weighted by atomic mass is 19.1. The molecule has 0 radical (unpaired) electrons. The Bertz CT molecular complexity index is 1190. The van der Waals surface area contributed by atoms with Crippen LogP contribution in [0.1, 0.15) is 22.8 Å². The predicted octanol–water partition coefficient (Wildman–Crippen LogP) is 4.37. The summed E-state index contributed by atoms with van der Waals surface area (Å²) < 4.78 is 14.9. The molecule has 9 heteroatoms. The summed E-state index contributed by atoms with van der Waals surface area (Å²) in [6, 6.07) is 14.5. The van der Waals surface area contributed by atoms with E-state index in [1.165, 1.54) is 6.07 Å². The first-order valence-corrected chi connectivity index (χ1v) is 11.5. The van der Waals surface area contributed by atoms with E-state index in [9.17, 15) is 14.0 Å². The molecule has 1 aromatic heterocycles. The van der Waals surface area contributed by atoms with Crippen LogP contribution in [0, 0.1) is 5.82 Å². The van der Waals surface area contributed by atoms with Gasteiger partial charge >= 0.3 is 6.09 Å². The molecule has 182 valence electrons. The molecular formula is C26H28FN5O3. The molecule has 4 rings (SSSR count). The van der Waals surface area contributed by atoms with Gasteiger partial charge in [0.05, 0.1) is 11.4 Å². The number of para-hydroxylation sites is 2. The van der Waals surface area contributed by atoms with Crippen LogP contribution in [-0.2, 0) is 6.54 Å². The van der Waals surface area contributed by atoms with E-state index in [-0.39, 0.29) is 11.4 Å². The summed E-state index contributed by atoms with van der Waals surface area (Å²) in [6.07, 6.45) is 0.480. The van der Waals surface area contributed by atoms with E-state index < -0.39 is 17.8 Å². The van der Waals surface area contributed by atoms with Gasteiger partial charge in [0.25, 0.3) is 5.91 Å². The van der Waals surface area contributed by atoms with Crippen LogP contribution in [0.5, 0.6) is 0 Å². The van der Waals surface area contributed by atoms with Crippen molar-refractivity contribution in [3.8, 4) is 11.3 Å². The summed E-state index contributed by atoms with van der Waals surface area (Å²) >= 11 is 0. The van der Waals surface area contributed by atoms with Gasteiger partial charge in [-0.3, -0.25) is 20.0 Å². The molecule has 8 nitrogen and oxygen atoms in total. The molecule has 0 saturated carbocycles. The Labute approximate surface area is 203 Å². The van der Waals surface area contributed by atoms with E-state index in [1.807, 2.05) is 0 Å². The molecule has 3 N–H and O–H groups in total. The van der Waals surface area contributed by atoms with Crippen LogP contribution in [0.4, 0.5) is 20.6 Å². The standard InChI is InChI=1S/C26H28FN5O3/c1-2-31-11-13-32(14-12-31)17-18-15-21(27)24(28-16-18)19-7-9-20(10-8-19)25(33)29-22-5-3-4-6-23(22)30-26(34)35/h3-10,15-16,30H,2,11-14,17H2,1H3,(H,29,33)(H,34,35). The Morgan fingerprint density at radius 1 is 0.971 bits per heavy atom. The number of piperazine rings is 1. The van der Waals surface area contributed by atoms with Gasteiger partial charge in [-0.25, -0.2) is 9.18 Å². The summed E-state index contributed by atoms with van der Waals surface area (Å²) in [4.78, 5) is 32.7. The first-order chi connectivity index (χ1) is 16.9. The maximum Gasteiger partial charge on any atom is 0.409 e. The van der Waals surface area contributed by atoms with Crippen molar-refractivity contribution in [2.75, 3.05) is 43.4 Å². The monoisotopic (exact) mass is 477 g/mol. The number of nitrogens with zero attached hydrogens (tertiary/aromatic N) is 3. The number of rotatable bonds is 7. The number of nitrogens with one attached hydrogen (secondary N) is 2. The van der Waals surface area contributed by atoms with Crippen molar-refractivity contribution in [1.82, 2.24) is 14.8 Å². The Morgan fingerprint density at radius 3 is 2.20 bits per heavy atom. The van der Waals surface area contributed by atoms with Gasteiger partial charge in [-0.05, 0) is 42.4 Å². The minimum Gasteiger partial charge on any atom is -0.465 e. The van der Waals surface area contributed by atoms with Crippen molar-refractivity contribution in [1.29, 1.82) is 0 Å². The van der Waals surface area contributed by atoms with Gasteiger partial charge in [0.1, 0.15) is 11.5 Å². The molecule has 3 aromatic rings. The van der Waals surface area contributed by atoms with E-state index in [1.54, 1.807) is 54.7 Å². The minimum atomic E-state index is -1.23. The largest absolute Gasteiger partial charge is 0.465 e. The normalized spacial score (nSPS) is 14.5. The number of carboxylic acid groups (broad SMARTS) is 1. The highest BCUT2D eigenvalue weighted by Crippen LogP contribution is 2.24. The highest BCUT2D eigenvalue weighted by molar-refractivity contribution is 6.07. The zero-order valence-corrected chi connectivity index (χ0v) is 19.5. The summed E-state index contributed by atoms with van der Waals surface area (Å²) in [5.41, 5.74) is 2.58. The molecule has 35 heavy (non-hydrogen) atoms. The van der Waals surface area contributed by atoms with E-state index in [4.69, 9.17) is 5.11 Å². The molecule has 1 aliphatic heterocycles. The fraction of sp³-hybridized carbons (Fsp3) is 0.269. The smallest absolute Gasteiger partial charge is 0.409 e. The van der Waals surface area contributed by atoms with Crippen LogP contribution in [0.15, 0.2) is 60.8 Å². The van der Waals surface area contributed by atoms with Crippen LogP contribution >= 0.6 is 0 Å². The Hall–Kier alpha value is -3.82. The summed E-state index contributed by atoms with van der Waals surface area (Å²) in [5.74, 6) is -0.816. The quantitative estimate of drug-likeness (QED) is 0.468. The Balaban J connectivity index is 1.41. The average molecular weight is 478 g/mol. The van der Waals surface area contributed by atoms with Gasteiger partial charge in [0.2, 0.25) is 0 Å². The maximum atomic E-state index is 14.9. The lowest BCUT2D eigenvalue weighted by Crippen LogP contribution is -2.45. The lowest BCUT2D eigenvalue weighted by Gasteiger charge is -2.33. The third-order valence-electron chi connectivity index (χ3n) is 6.05. The highest BCUT2D eigenvalue weighted by Gasteiger charge is 2.17. The molecule has 2 amide bonds. The molecule has 0 aliphatic carbocycles. The number of anilines is 2. The number of pyridine rings is 1. The van der Waals surface area contributed by atoms with E-state index in [2.05, 4.69) is 32.3 Å². The second-order valence-electron chi connectivity index (χ2n) is 8.39. The fourth-order valence-corrected chi connectivity index (χ4v) is 4.09. The zero-order valence-electron chi connectivity index (χ0n) is 19.5. The van der Waals surface area contributed by atoms with Crippen molar-refractivity contribution >= 4 is 23.4 Å². The number of carbonyl (C=O) groups excluding carboxylic acids is 1. The van der Waals surface area contributed by atoms with E-state index in [0.29, 0.717) is 23.4 Å². The first kappa shape index (κ1) is 24.3. The van der Waals surface area contributed by atoms with Gasteiger partial charge in [0.15, 0.2) is 0 Å². The number of aromatic nitrogens is 1. The van der Waals surface area contributed by atoms with E-state index in [0.717, 1.165) is 38.3 Å². The molecule has 1 aliphatic rings. The maximum absolute atomic E-state index is 14.9. The van der Waals surface area contributed by atoms with Gasteiger partial charge < -0.3 is 15.3 Å².